The molecule has 0 fully saturated rings. The molecule has 1 radical (unpaired) electrons. The van der Waals surface area contributed by atoms with Gasteiger partial charge in [-0.25, -0.2) is 0 Å². The third kappa shape index (κ3) is 10.9. The van der Waals surface area contributed by atoms with E-state index in [0.717, 1.165) is 0 Å². The molecular formula is HO2Te2. The zero-order valence-corrected chi connectivity index (χ0v) is 6.56. The number of rotatable bonds is 0. The van der Waals surface area contributed by atoms with E-state index in [9.17, 15) is 0 Å². The van der Waals surface area contributed by atoms with E-state index < -0.39 is 20.9 Å². The van der Waals surface area contributed by atoms with E-state index in [4.69, 9.17) is 6.21 Å². The first-order valence-corrected chi connectivity index (χ1v) is 2.24. The SMILES string of the molecule is O=[Te]=O.[TeH]. The zero-order chi connectivity index (χ0) is 2.71. The maximum atomic E-state index is 8.50. The van der Waals surface area contributed by atoms with Crippen molar-refractivity contribution in [3.63, 3.8) is 0 Å². The van der Waals surface area contributed by atoms with Crippen LogP contribution in [0.1, 0.15) is 0 Å². The van der Waals surface area contributed by atoms with Crippen LogP contribution in [0, 0.1) is 0 Å². The molecule has 0 unspecified atom stereocenters. The van der Waals surface area contributed by atoms with Crippen LogP contribution >= 0.6 is 0 Å². The van der Waals surface area contributed by atoms with Crippen molar-refractivity contribution in [3.05, 3.63) is 0 Å². The summed E-state index contributed by atoms with van der Waals surface area (Å²) in [6, 6.07) is 0. The first kappa shape index (κ1) is 8.95. The van der Waals surface area contributed by atoms with Crippen LogP contribution in [0.5, 0.6) is 0 Å². The first-order valence-electron chi connectivity index (χ1n) is 0.333. The minimum atomic E-state index is -2.03. The topological polar surface area (TPSA) is 34.1 Å². The Bertz CT molecular complexity index is 25.0. The Morgan fingerprint density at radius 3 is 1.25 bits per heavy atom. The molecule has 0 saturated heterocycles. The normalized spacial score (nSPS) is 3.00. The van der Waals surface area contributed by atoms with Gasteiger partial charge in [0, 0.05) is 0 Å². The van der Waals surface area contributed by atoms with Crippen LogP contribution in [-0.4, -0.2) is 44.6 Å². The van der Waals surface area contributed by atoms with E-state index in [1.807, 2.05) is 0 Å². The molecular weight excluding hydrogens is 287 g/mol. The van der Waals surface area contributed by atoms with Gasteiger partial charge in [0.05, 0.1) is 0 Å². The van der Waals surface area contributed by atoms with Crippen molar-refractivity contribution >= 4 is 44.6 Å². The van der Waals surface area contributed by atoms with Crippen molar-refractivity contribution in [2.75, 3.05) is 0 Å². The van der Waals surface area contributed by atoms with Gasteiger partial charge in [0.25, 0.3) is 0 Å². The molecule has 4 heteroatoms. The van der Waals surface area contributed by atoms with Gasteiger partial charge in [-0.05, 0) is 0 Å². The van der Waals surface area contributed by atoms with Crippen LogP contribution in [0.3, 0.4) is 0 Å². The molecule has 0 saturated carbocycles. The average Bonchev–Trinajstić information content (AvgIpc) is 0.918. The van der Waals surface area contributed by atoms with Gasteiger partial charge in [0.1, 0.15) is 0 Å². The van der Waals surface area contributed by atoms with Crippen LogP contribution in [-0.2, 0) is 6.21 Å². The van der Waals surface area contributed by atoms with E-state index in [1.54, 1.807) is 0 Å². The summed E-state index contributed by atoms with van der Waals surface area (Å²) < 4.78 is 17.0. The Morgan fingerprint density at radius 1 is 1.25 bits per heavy atom. The van der Waals surface area contributed by atoms with Crippen LogP contribution in [0.25, 0.3) is 0 Å². The molecule has 0 spiro atoms. The minimum absolute atomic E-state index is 0. The summed E-state index contributed by atoms with van der Waals surface area (Å²) in [7, 11) is 0. The second-order valence-electron chi connectivity index (χ2n) is 0.0680. The molecule has 2 nitrogen and oxygen atoms in total. The molecule has 0 aliphatic carbocycles. The fraction of sp³-hybridized carbons (Fsp3) is 0. The molecule has 0 rings (SSSR count). The predicted molar refractivity (Wildman–Crippen MR) is 14.3 cm³/mol. The molecule has 0 aromatic rings. The molecule has 4 heavy (non-hydrogen) atoms. The monoisotopic (exact) mass is 293 g/mol. The van der Waals surface area contributed by atoms with Gasteiger partial charge < -0.3 is 0 Å². The van der Waals surface area contributed by atoms with Crippen molar-refractivity contribution in [2.24, 2.45) is 0 Å². The maximum absolute atomic E-state index is 8.50. The molecule has 0 aliphatic rings. The molecule has 0 aromatic heterocycles. The fourth-order valence-corrected chi connectivity index (χ4v) is 0. The van der Waals surface area contributed by atoms with E-state index in [-0.39, 0.29) is 23.7 Å². The van der Waals surface area contributed by atoms with Gasteiger partial charge in [0.2, 0.25) is 0 Å². The van der Waals surface area contributed by atoms with Crippen LogP contribution in [0.2, 0.25) is 0 Å². The number of hydrogen-bond donors (Lipinski definition) is 0. The average molecular weight is 288 g/mol. The van der Waals surface area contributed by atoms with Crippen LogP contribution in [0.4, 0.5) is 0 Å². The molecule has 0 N–H and O–H groups in total. The van der Waals surface area contributed by atoms with Gasteiger partial charge in [-0.2, -0.15) is 0 Å². The van der Waals surface area contributed by atoms with Crippen molar-refractivity contribution in [2.45, 2.75) is 0 Å². The number of hydrogen-bond acceptors (Lipinski definition) is 2. The van der Waals surface area contributed by atoms with Crippen molar-refractivity contribution in [3.8, 4) is 0 Å². The van der Waals surface area contributed by atoms with Gasteiger partial charge in [-0.3, -0.25) is 0 Å². The van der Waals surface area contributed by atoms with Crippen molar-refractivity contribution in [1.29, 1.82) is 0 Å². The molecule has 0 heterocycles. The summed E-state index contributed by atoms with van der Waals surface area (Å²) in [6.07, 6.45) is 0. The molecule has 0 bridgehead atoms. The zero-order valence-electron chi connectivity index (χ0n) is 1.67. The Balaban J connectivity index is 0. The third-order valence-electron chi connectivity index (χ3n) is 0. The quantitative estimate of drug-likeness (QED) is 0.521. The molecule has 25 valence electrons. The van der Waals surface area contributed by atoms with Crippen molar-refractivity contribution < 1.29 is 6.21 Å². The molecule has 0 aliphatic heterocycles. The van der Waals surface area contributed by atoms with Gasteiger partial charge in [-0.1, -0.05) is 0 Å². The predicted octanol–water partition coefficient (Wildman–Crippen LogP) is -1.27. The van der Waals surface area contributed by atoms with E-state index in [0.29, 0.717) is 0 Å². The Labute approximate surface area is 50.5 Å². The standard InChI is InChI=1S/O2Te.HTe/c1-3-2;/h;1H. The molecule has 0 aromatic carbocycles. The summed E-state index contributed by atoms with van der Waals surface area (Å²) >= 11 is -2.03. The second kappa shape index (κ2) is 8.89. The molecule has 0 atom stereocenters. The van der Waals surface area contributed by atoms with Crippen LogP contribution < -0.4 is 0 Å². The van der Waals surface area contributed by atoms with Gasteiger partial charge in [0.15, 0.2) is 0 Å². The fourth-order valence-electron chi connectivity index (χ4n) is 0. The summed E-state index contributed by atoms with van der Waals surface area (Å²) in [4.78, 5) is 0. The Morgan fingerprint density at radius 2 is 1.25 bits per heavy atom. The second-order valence-corrected chi connectivity index (χ2v) is 0.456. The van der Waals surface area contributed by atoms with Crippen molar-refractivity contribution in [1.82, 2.24) is 0 Å². The van der Waals surface area contributed by atoms with Gasteiger partial charge >= 0.3 is 50.8 Å². The Hall–Kier alpha value is 1.18. The van der Waals surface area contributed by atoms with E-state index >= 15 is 0 Å². The van der Waals surface area contributed by atoms with Gasteiger partial charge in [-0.15, -0.1) is 0 Å². The van der Waals surface area contributed by atoms with Crippen LogP contribution in [0.15, 0.2) is 0 Å². The summed E-state index contributed by atoms with van der Waals surface area (Å²) in [5, 5.41) is 0. The summed E-state index contributed by atoms with van der Waals surface area (Å²) in [5.41, 5.74) is 0. The third-order valence-corrected chi connectivity index (χ3v) is 0. The summed E-state index contributed by atoms with van der Waals surface area (Å²) in [5.74, 6) is 0. The van der Waals surface area contributed by atoms with E-state index in [1.165, 1.54) is 0 Å². The Kier molecular flexibility index (Phi) is 19.9. The summed E-state index contributed by atoms with van der Waals surface area (Å²) in [6.45, 7) is 0. The molecule has 0 amide bonds. The first-order chi connectivity index (χ1) is 1.41. The van der Waals surface area contributed by atoms with E-state index in [2.05, 4.69) is 0 Å².